The van der Waals surface area contributed by atoms with Crippen LogP contribution in [0, 0.1) is 0 Å². The number of hydrogen-bond donors (Lipinski definition) is 2. The first kappa shape index (κ1) is 16.4. The number of nitrogens with one attached hydrogen (secondary N) is 2. The first-order valence-corrected chi connectivity index (χ1v) is 7.92. The van der Waals surface area contributed by atoms with Gasteiger partial charge in [0.05, 0.1) is 6.04 Å². The molecule has 6 nitrogen and oxygen atoms in total. The molecule has 0 saturated carbocycles. The van der Waals surface area contributed by atoms with Crippen molar-refractivity contribution in [3.05, 3.63) is 47.5 Å². The Hall–Kier alpha value is -2.51. The fourth-order valence-electron chi connectivity index (χ4n) is 2.89. The summed E-state index contributed by atoms with van der Waals surface area (Å²) in [5, 5.41) is 9.53. The number of hydrogen-bond acceptors (Lipinski definition) is 3. The molecule has 0 radical (unpaired) electrons. The fraction of sp³-hybridized carbons (Fsp3) is 0.438. The van der Waals surface area contributed by atoms with Crippen LogP contribution in [-0.4, -0.2) is 32.7 Å². The Balaban J connectivity index is 1.61. The van der Waals surface area contributed by atoms with Crippen LogP contribution >= 0.6 is 0 Å². The van der Waals surface area contributed by atoms with Gasteiger partial charge < -0.3 is 10.2 Å². The lowest BCUT2D eigenvalue weighted by Gasteiger charge is -2.34. The van der Waals surface area contributed by atoms with Gasteiger partial charge >= 0.3 is 6.03 Å². The van der Waals surface area contributed by atoms with Gasteiger partial charge in [-0.25, -0.2) is 18.6 Å². The third-order valence-corrected chi connectivity index (χ3v) is 4.19. The number of likely N-dealkylation sites (tertiary alicyclic amines) is 1. The molecule has 1 saturated heterocycles. The Bertz CT molecular complexity index is 660. The van der Waals surface area contributed by atoms with Crippen molar-refractivity contribution in [3.8, 4) is 0 Å². The number of aromatic nitrogens is 3. The number of benzene rings is 1. The van der Waals surface area contributed by atoms with Crippen molar-refractivity contribution >= 4 is 6.03 Å². The zero-order chi connectivity index (χ0) is 16.9. The Kier molecular flexibility index (Phi) is 5.02. The first-order chi connectivity index (χ1) is 11.6. The van der Waals surface area contributed by atoms with Crippen molar-refractivity contribution in [2.75, 3.05) is 6.54 Å². The number of carbonyl (C=O) groups excluding carboxylic acids is 1. The molecule has 1 aliphatic rings. The topological polar surface area (TPSA) is 73.9 Å². The monoisotopic (exact) mass is 335 g/mol. The van der Waals surface area contributed by atoms with Gasteiger partial charge in [-0.15, -0.1) is 0 Å². The summed E-state index contributed by atoms with van der Waals surface area (Å²) in [4.78, 5) is 18.4. The lowest BCUT2D eigenvalue weighted by atomic mass is 10.0. The molecular formula is C16H19F2N5O. The summed E-state index contributed by atoms with van der Waals surface area (Å²) in [7, 11) is 0. The number of alkyl halides is 2. The fourth-order valence-corrected chi connectivity index (χ4v) is 2.89. The number of amides is 2. The molecule has 2 heterocycles. The summed E-state index contributed by atoms with van der Waals surface area (Å²) >= 11 is 0. The van der Waals surface area contributed by atoms with E-state index in [0.29, 0.717) is 18.9 Å². The van der Waals surface area contributed by atoms with E-state index in [4.69, 9.17) is 0 Å². The molecule has 1 atom stereocenters. The maximum Gasteiger partial charge on any atom is 0.318 e. The van der Waals surface area contributed by atoms with E-state index in [0.717, 1.165) is 24.8 Å². The van der Waals surface area contributed by atoms with Crippen molar-refractivity contribution in [2.24, 2.45) is 0 Å². The number of aromatic amines is 1. The highest BCUT2D eigenvalue weighted by molar-refractivity contribution is 5.74. The molecule has 1 unspecified atom stereocenters. The molecule has 2 N–H and O–H groups in total. The Morgan fingerprint density at radius 3 is 2.79 bits per heavy atom. The highest BCUT2D eigenvalue weighted by Crippen LogP contribution is 2.28. The summed E-state index contributed by atoms with van der Waals surface area (Å²) < 4.78 is 25.1. The molecule has 3 rings (SSSR count). The van der Waals surface area contributed by atoms with Crippen molar-refractivity contribution in [1.29, 1.82) is 0 Å². The summed E-state index contributed by atoms with van der Waals surface area (Å²) in [5.74, 6) is 0.686. The highest BCUT2D eigenvalue weighted by atomic mass is 19.3. The van der Waals surface area contributed by atoms with Crippen molar-refractivity contribution in [1.82, 2.24) is 25.4 Å². The maximum atomic E-state index is 12.5. The van der Waals surface area contributed by atoms with E-state index in [1.165, 1.54) is 18.5 Å². The lowest BCUT2D eigenvalue weighted by molar-refractivity contribution is 0.147. The van der Waals surface area contributed by atoms with Gasteiger partial charge in [0, 0.05) is 18.7 Å². The summed E-state index contributed by atoms with van der Waals surface area (Å²) in [6, 6.07) is 5.67. The van der Waals surface area contributed by atoms with Gasteiger partial charge in [0.1, 0.15) is 12.2 Å². The van der Waals surface area contributed by atoms with Crippen LogP contribution in [0.1, 0.15) is 48.7 Å². The Morgan fingerprint density at radius 2 is 2.12 bits per heavy atom. The van der Waals surface area contributed by atoms with E-state index in [9.17, 15) is 13.6 Å². The molecule has 128 valence electrons. The van der Waals surface area contributed by atoms with Crippen LogP contribution in [0.5, 0.6) is 0 Å². The summed E-state index contributed by atoms with van der Waals surface area (Å²) in [5.41, 5.74) is 0.757. The molecule has 1 aromatic carbocycles. The minimum atomic E-state index is -2.48. The normalized spacial score (nSPS) is 18.0. The molecule has 1 fully saturated rings. The average Bonchev–Trinajstić information content (AvgIpc) is 3.14. The number of urea groups is 1. The number of rotatable bonds is 4. The van der Waals surface area contributed by atoms with Crippen LogP contribution in [0.3, 0.4) is 0 Å². The molecule has 0 spiro atoms. The Labute approximate surface area is 138 Å². The minimum Gasteiger partial charge on any atom is -0.334 e. The average molecular weight is 335 g/mol. The van der Waals surface area contributed by atoms with E-state index in [2.05, 4.69) is 20.5 Å². The van der Waals surface area contributed by atoms with Crippen molar-refractivity contribution < 1.29 is 13.6 Å². The zero-order valence-electron chi connectivity index (χ0n) is 13.1. The smallest absolute Gasteiger partial charge is 0.318 e. The number of piperidine rings is 1. The van der Waals surface area contributed by atoms with Crippen LogP contribution in [-0.2, 0) is 6.54 Å². The minimum absolute atomic E-state index is 0.0218. The van der Waals surface area contributed by atoms with Crippen LogP contribution in [0.15, 0.2) is 30.6 Å². The largest absolute Gasteiger partial charge is 0.334 e. The SMILES string of the molecule is O=C(NCc1ccc(C(F)F)cc1)N1CCCCC1c1ncn[nH]1. The molecule has 2 amide bonds. The van der Waals surface area contributed by atoms with E-state index in [1.54, 1.807) is 17.0 Å². The van der Waals surface area contributed by atoms with Crippen LogP contribution < -0.4 is 5.32 Å². The number of H-pyrrole nitrogens is 1. The number of nitrogens with zero attached hydrogens (tertiary/aromatic N) is 3. The number of carbonyl (C=O) groups is 1. The summed E-state index contributed by atoms with van der Waals surface area (Å²) in [6.07, 6.45) is 1.77. The number of halogens is 2. The van der Waals surface area contributed by atoms with Gasteiger partial charge in [-0.3, -0.25) is 5.10 Å². The molecule has 0 aliphatic carbocycles. The van der Waals surface area contributed by atoms with Crippen molar-refractivity contribution in [3.63, 3.8) is 0 Å². The van der Waals surface area contributed by atoms with E-state index in [-0.39, 0.29) is 17.6 Å². The van der Waals surface area contributed by atoms with Crippen LogP contribution in [0.25, 0.3) is 0 Å². The zero-order valence-corrected chi connectivity index (χ0v) is 13.1. The second-order valence-corrected chi connectivity index (χ2v) is 5.78. The molecule has 1 aromatic heterocycles. The summed E-state index contributed by atoms with van der Waals surface area (Å²) in [6.45, 7) is 0.948. The second kappa shape index (κ2) is 7.37. The van der Waals surface area contributed by atoms with Gasteiger partial charge in [0.2, 0.25) is 0 Å². The maximum absolute atomic E-state index is 12.5. The molecule has 0 bridgehead atoms. The van der Waals surface area contributed by atoms with Gasteiger partial charge in [-0.2, -0.15) is 5.10 Å². The second-order valence-electron chi connectivity index (χ2n) is 5.78. The quantitative estimate of drug-likeness (QED) is 0.901. The first-order valence-electron chi connectivity index (χ1n) is 7.92. The van der Waals surface area contributed by atoms with Gasteiger partial charge in [-0.05, 0) is 24.8 Å². The Morgan fingerprint density at radius 1 is 1.33 bits per heavy atom. The predicted octanol–water partition coefficient (Wildman–Crippen LogP) is 3.18. The lowest BCUT2D eigenvalue weighted by Crippen LogP contribution is -2.44. The van der Waals surface area contributed by atoms with Gasteiger partial charge in [0.15, 0.2) is 0 Å². The van der Waals surface area contributed by atoms with Gasteiger partial charge in [-0.1, -0.05) is 24.3 Å². The molecule has 2 aromatic rings. The van der Waals surface area contributed by atoms with Crippen LogP contribution in [0.4, 0.5) is 13.6 Å². The predicted molar refractivity (Wildman–Crippen MR) is 83.3 cm³/mol. The molecule has 24 heavy (non-hydrogen) atoms. The highest BCUT2D eigenvalue weighted by Gasteiger charge is 2.29. The third-order valence-electron chi connectivity index (χ3n) is 4.19. The van der Waals surface area contributed by atoms with E-state index >= 15 is 0 Å². The van der Waals surface area contributed by atoms with E-state index < -0.39 is 6.43 Å². The van der Waals surface area contributed by atoms with E-state index in [1.807, 2.05) is 0 Å². The molecular weight excluding hydrogens is 316 g/mol. The van der Waals surface area contributed by atoms with Gasteiger partial charge in [0.25, 0.3) is 6.43 Å². The molecule has 1 aliphatic heterocycles. The van der Waals surface area contributed by atoms with Crippen LogP contribution in [0.2, 0.25) is 0 Å². The third kappa shape index (κ3) is 3.69. The van der Waals surface area contributed by atoms with Crippen molar-refractivity contribution in [2.45, 2.75) is 38.3 Å². The molecule has 8 heteroatoms. The standard InChI is InChI=1S/C16H19F2N5O/c17-14(18)12-6-4-11(5-7-12)9-19-16(24)23-8-2-1-3-13(23)15-20-10-21-22-15/h4-7,10,13-14H,1-3,8-9H2,(H,19,24)(H,20,21,22).